The molecule has 0 unspecified atom stereocenters. The molecule has 2 aromatic rings. The number of hydrogen-bond acceptors (Lipinski definition) is 7. The molecule has 0 bridgehead atoms. The predicted molar refractivity (Wildman–Crippen MR) is 149 cm³/mol. The van der Waals surface area contributed by atoms with Crippen LogP contribution in [0.2, 0.25) is 0 Å². The van der Waals surface area contributed by atoms with E-state index in [1.807, 2.05) is 78.8 Å². The Morgan fingerprint density at radius 3 is 2.21 bits per heavy atom. The van der Waals surface area contributed by atoms with Gasteiger partial charge in [0.25, 0.3) is 5.91 Å². The van der Waals surface area contributed by atoms with Gasteiger partial charge >= 0.3 is 11.9 Å². The first kappa shape index (κ1) is 31.8. The molecule has 0 spiro atoms. The summed E-state index contributed by atoms with van der Waals surface area (Å²) in [4.78, 5) is 37.1. The van der Waals surface area contributed by atoms with E-state index in [2.05, 4.69) is 5.32 Å². The zero-order chi connectivity index (χ0) is 29.1. The van der Waals surface area contributed by atoms with Gasteiger partial charge in [-0.3, -0.25) is 9.59 Å². The molecule has 0 radical (unpaired) electrons. The highest BCUT2D eigenvalue weighted by molar-refractivity contribution is 5.89. The van der Waals surface area contributed by atoms with Crippen LogP contribution in [0, 0.1) is 5.41 Å². The molecule has 0 heterocycles. The third-order valence-corrected chi connectivity index (χ3v) is 5.87. The summed E-state index contributed by atoms with van der Waals surface area (Å²) in [5, 5.41) is 2.83. The molecular formula is C31H43NO7. The molecule has 8 heteroatoms. The number of amides is 1. The molecule has 214 valence electrons. The molecule has 0 atom stereocenters. The highest BCUT2D eigenvalue weighted by Crippen LogP contribution is 2.26. The smallest absolute Gasteiger partial charge is 0.338 e. The second-order valence-electron chi connectivity index (χ2n) is 11.7. The van der Waals surface area contributed by atoms with Crippen molar-refractivity contribution in [3.8, 4) is 5.75 Å². The monoisotopic (exact) mass is 541 g/mol. The van der Waals surface area contributed by atoms with Crippen molar-refractivity contribution < 1.29 is 33.3 Å². The Morgan fingerprint density at radius 2 is 1.54 bits per heavy atom. The number of rotatable bonds is 14. The van der Waals surface area contributed by atoms with Gasteiger partial charge in [-0.15, -0.1) is 0 Å². The van der Waals surface area contributed by atoms with Crippen molar-refractivity contribution >= 4 is 17.8 Å². The minimum Gasteiger partial charge on any atom is -0.484 e. The Labute approximate surface area is 232 Å². The van der Waals surface area contributed by atoms with E-state index in [1.54, 1.807) is 24.3 Å². The van der Waals surface area contributed by atoms with Crippen LogP contribution in [0.25, 0.3) is 0 Å². The number of benzene rings is 2. The average molecular weight is 542 g/mol. The number of carbonyl (C=O) groups excluding carboxylic acids is 3. The van der Waals surface area contributed by atoms with E-state index in [9.17, 15) is 14.4 Å². The Bertz CT molecular complexity index is 1090. The van der Waals surface area contributed by atoms with E-state index >= 15 is 0 Å². The maximum atomic E-state index is 12.4. The quantitative estimate of drug-likeness (QED) is 0.316. The van der Waals surface area contributed by atoms with Gasteiger partial charge in [-0.2, -0.15) is 0 Å². The summed E-state index contributed by atoms with van der Waals surface area (Å²) in [6.07, 6.45) is 1.10. The van der Waals surface area contributed by atoms with Gasteiger partial charge in [-0.25, -0.2) is 4.79 Å². The standard InChI is InChI=1S/C31H43NO7/c1-29(2,3)39-28(35)30(4,5)17-19-38-31(6,7)16-18-32-26(33)22-36-25-15-11-14-24(20-25)27(34)37-21-23-12-9-8-10-13-23/h8-15,20H,16-19,21-22H2,1-7H3,(H,32,33). The first-order valence-corrected chi connectivity index (χ1v) is 13.2. The van der Waals surface area contributed by atoms with E-state index in [0.717, 1.165) is 5.56 Å². The van der Waals surface area contributed by atoms with E-state index in [0.29, 0.717) is 37.3 Å². The van der Waals surface area contributed by atoms with Gasteiger partial charge in [0.05, 0.1) is 16.6 Å². The van der Waals surface area contributed by atoms with Crippen LogP contribution >= 0.6 is 0 Å². The van der Waals surface area contributed by atoms with E-state index in [-0.39, 0.29) is 25.1 Å². The lowest BCUT2D eigenvalue weighted by molar-refractivity contribution is -0.167. The summed E-state index contributed by atoms with van der Waals surface area (Å²) < 4.78 is 22.4. The van der Waals surface area contributed by atoms with E-state index < -0.39 is 22.6 Å². The van der Waals surface area contributed by atoms with Crippen LogP contribution in [0.3, 0.4) is 0 Å². The molecule has 1 N–H and O–H groups in total. The molecule has 8 nitrogen and oxygen atoms in total. The largest absolute Gasteiger partial charge is 0.484 e. The average Bonchev–Trinajstić information content (AvgIpc) is 2.85. The maximum absolute atomic E-state index is 12.4. The van der Waals surface area contributed by atoms with Crippen LogP contribution < -0.4 is 10.1 Å². The topological polar surface area (TPSA) is 100 Å². The lowest BCUT2D eigenvalue weighted by Gasteiger charge is -2.30. The summed E-state index contributed by atoms with van der Waals surface area (Å²) >= 11 is 0. The van der Waals surface area contributed by atoms with Gasteiger partial charge in [0.15, 0.2) is 6.61 Å². The minimum absolute atomic E-state index is 0.175. The van der Waals surface area contributed by atoms with Gasteiger partial charge in [0, 0.05) is 13.2 Å². The molecular weight excluding hydrogens is 498 g/mol. The second-order valence-corrected chi connectivity index (χ2v) is 11.7. The van der Waals surface area contributed by atoms with Crippen molar-refractivity contribution in [1.82, 2.24) is 5.32 Å². The molecule has 0 aliphatic heterocycles. The van der Waals surface area contributed by atoms with Crippen LogP contribution in [0.5, 0.6) is 5.75 Å². The molecule has 2 aromatic carbocycles. The first-order valence-electron chi connectivity index (χ1n) is 13.2. The third-order valence-electron chi connectivity index (χ3n) is 5.87. The van der Waals surface area contributed by atoms with Crippen molar-refractivity contribution in [3.63, 3.8) is 0 Å². The third kappa shape index (κ3) is 12.3. The molecule has 2 rings (SSSR count). The molecule has 0 fully saturated rings. The van der Waals surface area contributed by atoms with Crippen LogP contribution in [0.15, 0.2) is 54.6 Å². The summed E-state index contributed by atoms with van der Waals surface area (Å²) in [6, 6.07) is 16.0. The number of nitrogens with one attached hydrogen (secondary N) is 1. The van der Waals surface area contributed by atoms with E-state index in [1.165, 1.54) is 0 Å². The van der Waals surface area contributed by atoms with Crippen molar-refractivity contribution in [3.05, 3.63) is 65.7 Å². The minimum atomic E-state index is -0.662. The fourth-order valence-electron chi connectivity index (χ4n) is 3.40. The molecule has 0 saturated carbocycles. The van der Waals surface area contributed by atoms with Crippen LogP contribution in [0.4, 0.5) is 0 Å². The predicted octanol–water partition coefficient (Wildman–Crippen LogP) is 5.48. The fraction of sp³-hybridized carbons (Fsp3) is 0.516. The van der Waals surface area contributed by atoms with Gasteiger partial charge in [-0.05, 0) is 85.1 Å². The van der Waals surface area contributed by atoms with Crippen LogP contribution in [-0.4, -0.2) is 48.8 Å². The first-order chi connectivity index (χ1) is 18.2. The molecule has 1 amide bonds. The molecule has 39 heavy (non-hydrogen) atoms. The number of esters is 2. The van der Waals surface area contributed by atoms with Gasteiger partial charge < -0.3 is 24.3 Å². The van der Waals surface area contributed by atoms with Crippen LogP contribution in [0.1, 0.15) is 77.2 Å². The van der Waals surface area contributed by atoms with Gasteiger partial charge in [0.1, 0.15) is 18.0 Å². The highest BCUT2D eigenvalue weighted by Gasteiger charge is 2.33. The van der Waals surface area contributed by atoms with Crippen molar-refractivity contribution in [1.29, 1.82) is 0 Å². The second kappa shape index (κ2) is 14.1. The van der Waals surface area contributed by atoms with Gasteiger partial charge in [0.2, 0.25) is 0 Å². The normalized spacial score (nSPS) is 12.0. The Kier molecular flexibility index (Phi) is 11.5. The summed E-state index contributed by atoms with van der Waals surface area (Å²) in [6.45, 7) is 13.9. The number of carbonyl (C=O) groups is 3. The van der Waals surface area contributed by atoms with Crippen molar-refractivity contribution in [2.75, 3.05) is 19.8 Å². The lowest BCUT2D eigenvalue weighted by Crippen LogP contribution is -2.37. The zero-order valence-electron chi connectivity index (χ0n) is 24.3. The Morgan fingerprint density at radius 1 is 0.846 bits per heavy atom. The highest BCUT2D eigenvalue weighted by atomic mass is 16.6. The molecule has 0 aliphatic carbocycles. The van der Waals surface area contributed by atoms with Crippen LogP contribution in [-0.2, 0) is 30.4 Å². The number of hydrogen-bond donors (Lipinski definition) is 1. The molecule has 0 aromatic heterocycles. The zero-order valence-corrected chi connectivity index (χ0v) is 24.3. The van der Waals surface area contributed by atoms with E-state index in [4.69, 9.17) is 18.9 Å². The Balaban J connectivity index is 1.70. The van der Waals surface area contributed by atoms with Crippen molar-refractivity contribution in [2.45, 2.75) is 79.1 Å². The lowest BCUT2D eigenvalue weighted by atomic mass is 9.89. The summed E-state index contributed by atoms with van der Waals surface area (Å²) in [5.41, 5.74) is -0.448. The summed E-state index contributed by atoms with van der Waals surface area (Å²) in [5.74, 6) is -0.603. The number of ether oxygens (including phenoxy) is 4. The van der Waals surface area contributed by atoms with Crippen molar-refractivity contribution in [2.24, 2.45) is 5.41 Å². The van der Waals surface area contributed by atoms with Gasteiger partial charge in [-0.1, -0.05) is 36.4 Å². The SMILES string of the molecule is CC(C)(C)OC(=O)C(C)(C)CCOC(C)(C)CCNC(=O)COc1cccc(C(=O)OCc2ccccc2)c1. The summed E-state index contributed by atoms with van der Waals surface area (Å²) in [7, 11) is 0. The molecule has 0 saturated heterocycles. The molecule has 0 aliphatic rings. The Hall–Kier alpha value is -3.39. The fourth-order valence-corrected chi connectivity index (χ4v) is 3.40. The maximum Gasteiger partial charge on any atom is 0.338 e.